The van der Waals surface area contributed by atoms with E-state index in [1.807, 2.05) is 0 Å². The summed E-state index contributed by atoms with van der Waals surface area (Å²) in [6.45, 7) is 0.285. The SMILES string of the molecule is OC1(COc2cccc(Cl)c2Cl)CCCCC1. The Bertz CT molecular complexity index is 387. The van der Waals surface area contributed by atoms with Crippen molar-refractivity contribution in [1.29, 1.82) is 0 Å². The van der Waals surface area contributed by atoms with Crippen LogP contribution in [0.25, 0.3) is 0 Å². The van der Waals surface area contributed by atoms with Crippen LogP contribution in [0.5, 0.6) is 5.75 Å². The van der Waals surface area contributed by atoms with Crippen LogP contribution in [0.2, 0.25) is 10.0 Å². The van der Waals surface area contributed by atoms with Crippen LogP contribution in [0, 0.1) is 0 Å². The van der Waals surface area contributed by atoms with Crippen LogP contribution in [0.4, 0.5) is 0 Å². The van der Waals surface area contributed by atoms with Gasteiger partial charge in [-0.25, -0.2) is 0 Å². The summed E-state index contributed by atoms with van der Waals surface area (Å²) in [5, 5.41) is 11.2. The lowest BCUT2D eigenvalue weighted by atomic mass is 9.85. The number of rotatable bonds is 3. The second-order valence-corrected chi connectivity index (χ2v) is 5.41. The Morgan fingerprint density at radius 3 is 2.59 bits per heavy atom. The van der Waals surface area contributed by atoms with Crippen molar-refractivity contribution in [1.82, 2.24) is 0 Å². The summed E-state index contributed by atoms with van der Waals surface area (Å²) in [6.07, 6.45) is 4.91. The van der Waals surface area contributed by atoms with Crippen LogP contribution in [-0.2, 0) is 0 Å². The highest BCUT2D eigenvalue weighted by Crippen LogP contribution is 2.34. The van der Waals surface area contributed by atoms with Gasteiger partial charge in [0.25, 0.3) is 0 Å². The highest BCUT2D eigenvalue weighted by Gasteiger charge is 2.30. The predicted molar refractivity (Wildman–Crippen MR) is 70.0 cm³/mol. The first-order chi connectivity index (χ1) is 8.11. The summed E-state index contributed by atoms with van der Waals surface area (Å²) in [5.74, 6) is 0.540. The van der Waals surface area contributed by atoms with E-state index in [-0.39, 0.29) is 6.61 Å². The Balaban J connectivity index is 1.99. The van der Waals surface area contributed by atoms with Gasteiger partial charge in [-0.15, -0.1) is 0 Å². The number of hydrogen-bond acceptors (Lipinski definition) is 2. The van der Waals surface area contributed by atoms with Crippen molar-refractivity contribution < 1.29 is 9.84 Å². The molecular weight excluding hydrogens is 259 g/mol. The molecule has 0 saturated heterocycles. The molecule has 0 atom stereocenters. The van der Waals surface area contributed by atoms with E-state index in [0.29, 0.717) is 15.8 Å². The molecular formula is C13H16Cl2O2. The van der Waals surface area contributed by atoms with Gasteiger partial charge in [0.15, 0.2) is 0 Å². The minimum Gasteiger partial charge on any atom is -0.489 e. The fraction of sp³-hybridized carbons (Fsp3) is 0.538. The standard InChI is InChI=1S/C13H16Cl2O2/c14-10-5-4-6-11(12(10)15)17-9-13(16)7-2-1-3-8-13/h4-6,16H,1-3,7-9H2. The van der Waals surface area contributed by atoms with E-state index in [1.54, 1.807) is 18.2 Å². The van der Waals surface area contributed by atoms with E-state index in [4.69, 9.17) is 27.9 Å². The predicted octanol–water partition coefficient (Wildman–Crippen LogP) is 4.07. The lowest BCUT2D eigenvalue weighted by molar-refractivity contribution is -0.0338. The smallest absolute Gasteiger partial charge is 0.139 e. The molecule has 1 N–H and O–H groups in total. The van der Waals surface area contributed by atoms with Crippen molar-refractivity contribution in [3.8, 4) is 5.75 Å². The van der Waals surface area contributed by atoms with E-state index >= 15 is 0 Å². The molecule has 0 aromatic heterocycles. The molecule has 17 heavy (non-hydrogen) atoms. The zero-order chi connectivity index (χ0) is 12.3. The fourth-order valence-corrected chi connectivity index (χ4v) is 2.51. The summed E-state index contributed by atoms with van der Waals surface area (Å²) in [5.41, 5.74) is -0.704. The molecule has 1 fully saturated rings. The third-order valence-electron chi connectivity index (χ3n) is 3.20. The second-order valence-electron chi connectivity index (χ2n) is 4.63. The van der Waals surface area contributed by atoms with Crippen LogP contribution in [-0.4, -0.2) is 17.3 Å². The molecule has 1 aromatic rings. The maximum absolute atomic E-state index is 10.3. The molecule has 0 unspecified atom stereocenters. The van der Waals surface area contributed by atoms with E-state index < -0.39 is 5.60 Å². The molecule has 4 heteroatoms. The highest BCUT2D eigenvalue weighted by atomic mass is 35.5. The van der Waals surface area contributed by atoms with Crippen molar-refractivity contribution in [2.24, 2.45) is 0 Å². The third kappa shape index (κ3) is 3.27. The topological polar surface area (TPSA) is 29.5 Å². The molecule has 1 aliphatic rings. The Kier molecular flexibility index (Phi) is 4.18. The first-order valence-electron chi connectivity index (χ1n) is 5.90. The van der Waals surface area contributed by atoms with Crippen LogP contribution < -0.4 is 4.74 Å². The molecule has 0 radical (unpaired) electrons. The Labute approximate surface area is 111 Å². The van der Waals surface area contributed by atoms with Gasteiger partial charge >= 0.3 is 0 Å². The minimum absolute atomic E-state index is 0.285. The molecule has 0 bridgehead atoms. The number of hydrogen-bond donors (Lipinski definition) is 1. The molecule has 0 amide bonds. The van der Waals surface area contributed by atoms with Crippen molar-refractivity contribution >= 4 is 23.2 Å². The van der Waals surface area contributed by atoms with E-state index in [0.717, 1.165) is 25.7 Å². The van der Waals surface area contributed by atoms with Gasteiger partial charge in [0.05, 0.1) is 10.6 Å². The van der Waals surface area contributed by atoms with Gasteiger partial charge in [-0.05, 0) is 25.0 Å². The van der Waals surface area contributed by atoms with Gasteiger partial charge < -0.3 is 9.84 Å². The number of halogens is 2. The van der Waals surface area contributed by atoms with Gasteiger partial charge in [0.1, 0.15) is 17.4 Å². The maximum Gasteiger partial charge on any atom is 0.139 e. The Morgan fingerprint density at radius 1 is 1.18 bits per heavy atom. The largest absolute Gasteiger partial charge is 0.489 e. The Hall–Kier alpha value is -0.440. The van der Waals surface area contributed by atoms with Gasteiger partial charge in [0, 0.05) is 0 Å². The molecule has 1 aliphatic carbocycles. The number of benzene rings is 1. The molecule has 1 saturated carbocycles. The monoisotopic (exact) mass is 274 g/mol. The minimum atomic E-state index is -0.704. The third-order valence-corrected chi connectivity index (χ3v) is 4.00. The van der Waals surface area contributed by atoms with Crippen molar-refractivity contribution in [3.63, 3.8) is 0 Å². The van der Waals surface area contributed by atoms with E-state index in [2.05, 4.69) is 0 Å². The molecule has 0 spiro atoms. The summed E-state index contributed by atoms with van der Waals surface area (Å²) in [7, 11) is 0. The van der Waals surface area contributed by atoms with Crippen molar-refractivity contribution in [3.05, 3.63) is 28.2 Å². The molecule has 2 nitrogen and oxygen atoms in total. The van der Waals surface area contributed by atoms with Gasteiger partial charge in [-0.2, -0.15) is 0 Å². The summed E-state index contributed by atoms with van der Waals surface area (Å²) in [6, 6.07) is 5.26. The van der Waals surface area contributed by atoms with Crippen LogP contribution in [0.15, 0.2) is 18.2 Å². The zero-order valence-electron chi connectivity index (χ0n) is 9.59. The van der Waals surface area contributed by atoms with Crippen LogP contribution in [0.3, 0.4) is 0 Å². The van der Waals surface area contributed by atoms with E-state index in [1.165, 1.54) is 6.42 Å². The molecule has 2 rings (SSSR count). The molecule has 1 aromatic carbocycles. The summed E-state index contributed by atoms with van der Waals surface area (Å²) < 4.78 is 5.59. The average molecular weight is 275 g/mol. The number of ether oxygens (including phenoxy) is 1. The number of aliphatic hydroxyl groups is 1. The summed E-state index contributed by atoms with van der Waals surface area (Å²) in [4.78, 5) is 0. The van der Waals surface area contributed by atoms with Crippen LogP contribution in [0.1, 0.15) is 32.1 Å². The van der Waals surface area contributed by atoms with Gasteiger partial charge in [-0.3, -0.25) is 0 Å². The van der Waals surface area contributed by atoms with E-state index in [9.17, 15) is 5.11 Å². The lowest BCUT2D eigenvalue weighted by Gasteiger charge is -2.31. The maximum atomic E-state index is 10.3. The molecule has 0 heterocycles. The van der Waals surface area contributed by atoms with Gasteiger partial charge in [0.2, 0.25) is 0 Å². The van der Waals surface area contributed by atoms with Gasteiger partial charge in [-0.1, -0.05) is 48.5 Å². The molecule has 94 valence electrons. The van der Waals surface area contributed by atoms with Crippen LogP contribution >= 0.6 is 23.2 Å². The fourth-order valence-electron chi connectivity index (χ4n) is 2.16. The first-order valence-corrected chi connectivity index (χ1v) is 6.65. The average Bonchev–Trinajstić information content (AvgIpc) is 2.32. The zero-order valence-corrected chi connectivity index (χ0v) is 11.1. The van der Waals surface area contributed by atoms with Crippen molar-refractivity contribution in [2.75, 3.05) is 6.61 Å². The highest BCUT2D eigenvalue weighted by molar-refractivity contribution is 6.42. The first kappa shape index (κ1) is 13.0. The lowest BCUT2D eigenvalue weighted by Crippen LogP contribution is -2.37. The summed E-state index contributed by atoms with van der Waals surface area (Å²) >= 11 is 11.9. The normalized spacial score (nSPS) is 19.0. The quantitative estimate of drug-likeness (QED) is 0.901. The Morgan fingerprint density at radius 2 is 1.88 bits per heavy atom. The molecule has 0 aliphatic heterocycles. The van der Waals surface area contributed by atoms with Crippen molar-refractivity contribution in [2.45, 2.75) is 37.7 Å². The second kappa shape index (κ2) is 5.47.